The Morgan fingerprint density at radius 3 is 2.14 bits per heavy atom. The minimum atomic E-state index is -4.76. The Labute approximate surface area is 125 Å². The number of halogens is 5. The third-order valence-corrected chi connectivity index (χ3v) is 3.10. The van der Waals surface area contributed by atoms with Gasteiger partial charge in [0.2, 0.25) is 0 Å². The Kier molecular flexibility index (Phi) is 6.15. The molecule has 0 saturated carbocycles. The molecule has 0 spiro atoms. The Balaban J connectivity index is 2.75. The van der Waals surface area contributed by atoms with Crippen molar-refractivity contribution in [2.75, 3.05) is 0 Å². The number of carbonyl (C=O) groups is 2. The van der Waals surface area contributed by atoms with Crippen LogP contribution in [0.2, 0.25) is 0 Å². The van der Waals surface area contributed by atoms with Crippen LogP contribution in [-0.4, -0.2) is 35.0 Å². The van der Waals surface area contributed by atoms with Gasteiger partial charge in [-0.25, -0.2) is 4.79 Å². The summed E-state index contributed by atoms with van der Waals surface area (Å²) in [5.74, 6) is -5.51. The third kappa shape index (κ3) is 6.29. The fourth-order valence-electron chi connectivity index (χ4n) is 1.46. The van der Waals surface area contributed by atoms with Crippen LogP contribution in [0.15, 0.2) is 29.2 Å². The van der Waals surface area contributed by atoms with Crippen molar-refractivity contribution >= 4 is 23.6 Å². The highest BCUT2D eigenvalue weighted by atomic mass is 32.2. The van der Waals surface area contributed by atoms with E-state index in [4.69, 9.17) is 5.11 Å². The van der Waals surface area contributed by atoms with E-state index >= 15 is 0 Å². The number of thioether (sulfide) groups is 1. The quantitative estimate of drug-likeness (QED) is 0.615. The molecule has 0 aromatic heterocycles. The zero-order chi connectivity index (χ0) is 16.9. The first-order valence-electron chi connectivity index (χ1n) is 5.74. The Morgan fingerprint density at radius 1 is 1.18 bits per heavy atom. The lowest BCUT2D eigenvalue weighted by atomic mass is 10.1. The molecule has 0 radical (unpaired) electrons. The second-order valence-electron chi connectivity index (χ2n) is 4.09. The zero-order valence-electron chi connectivity index (χ0n) is 10.7. The highest BCUT2D eigenvalue weighted by Gasteiger charge is 2.36. The summed E-state index contributed by atoms with van der Waals surface area (Å²) in [5.41, 5.74) is -0.132. The van der Waals surface area contributed by atoms with Gasteiger partial charge in [0.15, 0.2) is 0 Å². The molecule has 1 unspecified atom stereocenters. The van der Waals surface area contributed by atoms with Gasteiger partial charge in [-0.05, 0) is 24.3 Å². The number of carbonyl (C=O) groups excluding carboxylic acids is 1. The van der Waals surface area contributed by atoms with Gasteiger partial charge in [-0.3, -0.25) is 4.79 Å². The average Bonchev–Trinajstić information content (AvgIpc) is 2.36. The first-order valence-corrected chi connectivity index (χ1v) is 6.62. The van der Waals surface area contributed by atoms with E-state index in [1.54, 1.807) is 5.32 Å². The van der Waals surface area contributed by atoms with Gasteiger partial charge in [0, 0.05) is 10.5 Å². The summed E-state index contributed by atoms with van der Waals surface area (Å²) in [7, 11) is 0. The van der Waals surface area contributed by atoms with Crippen LogP contribution in [0.5, 0.6) is 0 Å². The maximum atomic E-state index is 12.2. The number of hydrogen-bond donors (Lipinski definition) is 2. The second kappa shape index (κ2) is 7.43. The predicted molar refractivity (Wildman–Crippen MR) is 67.9 cm³/mol. The van der Waals surface area contributed by atoms with Gasteiger partial charge < -0.3 is 10.4 Å². The Morgan fingerprint density at radius 2 is 1.73 bits per heavy atom. The van der Waals surface area contributed by atoms with Crippen LogP contribution in [0.1, 0.15) is 16.8 Å². The van der Waals surface area contributed by atoms with Crippen molar-refractivity contribution in [3.8, 4) is 0 Å². The van der Waals surface area contributed by atoms with E-state index in [1.807, 2.05) is 0 Å². The van der Waals surface area contributed by atoms with Crippen LogP contribution in [0.4, 0.5) is 22.0 Å². The van der Waals surface area contributed by atoms with E-state index < -0.39 is 36.3 Å². The molecule has 0 fully saturated rings. The molecule has 1 aromatic rings. The monoisotopic (exact) mass is 343 g/mol. The van der Waals surface area contributed by atoms with E-state index in [2.05, 4.69) is 0 Å². The molecule has 1 rings (SSSR count). The maximum absolute atomic E-state index is 12.2. The number of benzene rings is 1. The van der Waals surface area contributed by atoms with Crippen molar-refractivity contribution in [3.05, 3.63) is 29.8 Å². The Hall–Kier alpha value is -1.84. The summed E-state index contributed by atoms with van der Waals surface area (Å²) in [6.45, 7) is 0. The summed E-state index contributed by atoms with van der Waals surface area (Å²) >= 11 is 0.238. The summed E-state index contributed by atoms with van der Waals surface area (Å²) in [5, 5.41) is 10.4. The number of alkyl halides is 5. The average molecular weight is 343 g/mol. The highest BCUT2D eigenvalue weighted by molar-refractivity contribution is 7.99. The molecular weight excluding hydrogens is 333 g/mol. The van der Waals surface area contributed by atoms with Crippen molar-refractivity contribution in [1.29, 1.82) is 0 Å². The summed E-state index contributed by atoms with van der Waals surface area (Å²) < 4.78 is 60.8. The first-order chi connectivity index (χ1) is 10.1. The molecule has 0 heterocycles. The lowest BCUT2D eigenvalue weighted by molar-refractivity contribution is -0.157. The van der Waals surface area contributed by atoms with Gasteiger partial charge in [0.1, 0.15) is 6.04 Å². The van der Waals surface area contributed by atoms with Crippen molar-refractivity contribution in [1.82, 2.24) is 5.32 Å². The van der Waals surface area contributed by atoms with Crippen LogP contribution in [0, 0.1) is 0 Å². The number of carboxylic acids is 1. The van der Waals surface area contributed by atoms with E-state index in [0.717, 1.165) is 12.1 Å². The van der Waals surface area contributed by atoms with Crippen LogP contribution in [0.25, 0.3) is 0 Å². The van der Waals surface area contributed by atoms with Crippen LogP contribution in [-0.2, 0) is 4.79 Å². The number of hydrogen-bond acceptors (Lipinski definition) is 3. The summed E-state index contributed by atoms with van der Waals surface area (Å²) in [6, 6.07) is 2.48. The van der Waals surface area contributed by atoms with Crippen molar-refractivity contribution in [2.45, 2.75) is 29.3 Å². The lowest BCUT2D eigenvalue weighted by Gasteiger charge is -2.16. The molecule has 0 aliphatic rings. The fraction of sp³-hybridized carbons (Fsp3) is 0.333. The Bertz CT molecular complexity index is 533. The van der Waals surface area contributed by atoms with Crippen LogP contribution >= 0.6 is 11.8 Å². The largest absolute Gasteiger partial charge is 0.480 e. The smallest absolute Gasteiger partial charge is 0.391 e. The highest BCUT2D eigenvalue weighted by Crippen LogP contribution is 2.25. The van der Waals surface area contributed by atoms with Crippen molar-refractivity contribution in [2.24, 2.45) is 0 Å². The lowest BCUT2D eigenvalue weighted by Crippen LogP contribution is -2.43. The zero-order valence-corrected chi connectivity index (χ0v) is 11.5. The number of carboxylic acid groups (broad SMARTS) is 1. The molecule has 1 aromatic carbocycles. The van der Waals surface area contributed by atoms with Crippen LogP contribution < -0.4 is 5.32 Å². The summed E-state index contributed by atoms with van der Waals surface area (Å²) in [4.78, 5) is 22.6. The van der Waals surface area contributed by atoms with Crippen molar-refractivity contribution in [3.63, 3.8) is 0 Å². The minimum absolute atomic E-state index is 0.132. The van der Waals surface area contributed by atoms with E-state index in [1.165, 1.54) is 12.1 Å². The van der Waals surface area contributed by atoms with Gasteiger partial charge in [0.05, 0.1) is 6.42 Å². The maximum Gasteiger partial charge on any atom is 0.391 e. The molecule has 22 heavy (non-hydrogen) atoms. The molecule has 0 aliphatic carbocycles. The molecular formula is C12H10F5NO3S. The third-order valence-electron chi connectivity index (χ3n) is 2.38. The second-order valence-corrected chi connectivity index (χ2v) is 5.15. The molecule has 2 N–H and O–H groups in total. The van der Waals surface area contributed by atoms with Gasteiger partial charge in [-0.2, -0.15) is 22.0 Å². The van der Waals surface area contributed by atoms with Gasteiger partial charge >= 0.3 is 12.1 Å². The van der Waals surface area contributed by atoms with Crippen molar-refractivity contribution < 1.29 is 36.6 Å². The van der Waals surface area contributed by atoms with E-state index in [0.29, 0.717) is 0 Å². The van der Waals surface area contributed by atoms with E-state index in [-0.39, 0.29) is 22.2 Å². The van der Waals surface area contributed by atoms with Gasteiger partial charge in [-0.15, -0.1) is 0 Å². The number of amides is 1. The number of nitrogens with one attached hydrogen (secondary N) is 1. The minimum Gasteiger partial charge on any atom is -0.480 e. The standard InChI is InChI=1S/C12H10F5NO3S/c13-11(14)22-7-3-1-6(2-4-7)9(19)18-8(10(20)21)5-12(15,16)17/h1-4,8,11H,5H2,(H,18,19)(H,20,21). The fourth-order valence-corrected chi connectivity index (χ4v) is 1.96. The topological polar surface area (TPSA) is 66.4 Å². The number of rotatable bonds is 6. The molecule has 10 heteroatoms. The SMILES string of the molecule is O=C(NC(CC(F)(F)F)C(=O)O)c1ccc(SC(F)F)cc1. The first kappa shape index (κ1) is 18.2. The summed E-state index contributed by atoms with van der Waals surface area (Å²) in [6.07, 6.45) is -6.47. The molecule has 122 valence electrons. The molecule has 4 nitrogen and oxygen atoms in total. The predicted octanol–water partition coefficient (Wildman–Crippen LogP) is 3.14. The number of aliphatic carboxylic acids is 1. The van der Waals surface area contributed by atoms with Gasteiger partial charge in [0.25, 0.3) is 11.7 Å². The molecule has 0 aliphatic heterocycles. The molecule has 1 amide bonds. The van der Waals surface area contributed by atoms with E-state index in [9.17, 15) is 31.5 Å². The molecule has 0 saturated heterocycles. The van der Waals surface area contributed by atoms with Crippen LogP contribution in [0.3, 0.4) is 0 Å². The molecule has 1 atom stereocenters. The van der Waals surface area contributed by atoms with Gasteiger partial charge in [-0.1, -0.05) is 11.8 Å². The molecule has 0 bridgehead atoms. The normalized spacial score (nSPS) is 13.0.